The third-order valence-corrected chi connectivity index (χ3v) is 3.09. The van der Waals surface area contributed by atoms with Gasteiger partial charge in [0.2, 0.25) is 0 Å². The first-order valence-corrected chi connectivity index (χ1v) is 6.34. The summed E-state index contributed by atoms with van der Waals surface area (Å²) in [5.74, 6) is -0.537. The first kappa shape index (κ1) is 13.3. The molecule has 100 valence electrons. The van der Waals surface area contributed by atoms with Gasteiger partial charge in [-0.05, 0) is 25.8 Å². The highest BCUT2D eigenvalue weighted by atomic mass is 16.5. The van der Waals surface area contributed by atoms with Crippen LogP contribution in [0.5, 0.6) is 0 Å². The van der Waals surface area contributed by atoms with Gasteiger partial charge in [-0.3, -0.25) is 0 Å². The Balaban J connectivity index is 2.58. The van der Waals surface area contributed by atoms with Crippen LogP contribution in [-0.4, -0.2) is 16.2 Å². The smallest absolute Gasteiger partial charge is 0.341 e. The molecule has 1 aromatic heterocycles. The van der Waals surface area contributed by atoms with Crippen LogP contribution in [0.25, 0.3) is 11.3 Å². The minimum atomic E-state index is -0.986. The largest absolute Gasteiger partial charge is 0.477 e. The maximum Gasteiger partial charge on any atom is 0.341 e. The van der Waals surface area contributed by atoms with Gasteiger partial charge in [-0.1, -0.05) is 35.8 Å². The quantitative estimate of drug-likeness (QED) is 0.911. The van der Waals surface area contributed by atoms with Gasteiger partial charge in [0.15, 0.2) is 5.76 Å². The molecule has 0 unspecified atom stereocenters. The summed E-state index contributed by atoms with van der Waals surface area (Å²) >= 11 is 0. The predicted molar refractivity (Wildman–Crippen MR) is 72.4 cm³/mol. The molecular weight excluding hydrogens is 242 g/mol. The molecule has 0 fully saturated rings. The molecule has 1 N–H and O–H groups in total. The zero-order valence-electron chi connectivity index (χ0n) is 11.4. The van der Waals surface area contributed by atoms with Crippen LogP contribution in [0.2, 0.25) is 0 Å². The van der Waals surface area contributed by atoms with Crippen molar-refractivity contribution in [3.63, 3.8) is 0 Å². The van der Waals surface area contributed by atoms with Gasteiger partial charge in [0.05, 0.1) is 0 Å². The van der Waals surface area contributed by atoms with Crippen molar-refractivity contribution in [2.45, 2.75) is 33.6 Å². The Hall–Kier alpha value is -2.10. The number of aromatic nitrogens is 1. The summed E-state index contributed by atoms with van der Waals surface area (Å²) in [7, 11) is 0. The van der Waals surface area contributed by atoms with Crippen LogP contribution < -0.4 is 0 Å². The number of carboxylic acids is 1. The van der Waals surface area contributed by atoms with Crippen LogP contribution in [0, 0.1) is 13.8 Å². The van der Waals surface area contributed by atoms with Gasteiger partial charge in [-0.15, -0.1) is 0 Å². The topological polar surface area (TPSA) is 63.3 Å². The van der Waals surface area contributed by atoms with E-state index in [9.17, 15) is 9.90 Å². The fourth-order valence-corrected chi connectivity index (χ4v) is 2.21. The molecule has 19 heavy (non-hydrogen) atoms. The Morgan fingerprint density at radius 1 is 1.37 bits per heavy atom. The summed E-state index contributed by atoms with van der Waals surface area (Å²) in [6, 6.07) is 5.85. The lowest BCUT2D eigenvalue weighted by Gasteiger charge is -2.04. The van der Waals surface area contributed by atoms with E-state index in [0.29, 0.717) is 17.9 Å². The van der Waals surface area contributed by atoms with Crippen molar-refractivity contribution in [3.05, 3.63) is 40.6 Å². The van der Waals surface area contributed by atoms with E-state index >= 15 is 0 Å². The number of nitrogens with zero attached hydrogens (tertiary/aromatic N) is 1. The summed E-state index contributed by atoms with van der Waals surface area (Å²) in [6.07, 6.45) is 1.40. The molecule has 0 amide bonds. The molecule has 0 bridgehead atoms. The molecule has 0 radical (unpaired) electrons. The standard InChI is InChI=1S/C15H17NO3/c1-4-5-12-13(15(17)18)14(16-19-12)11-7-6-9(2)8-10(11)3/h6-8H,4-5H2,1-3H3,(H,17,18). The summed E-state index contributed by atoms with van der Waals surface area (Å²) in [6.45, 7) is 5.92. The lowest BCUT2D eigenvalue weighted by atomic mass is 9.99. The van der Waals surface area contributed by atoms with Gasteiger partial charge < -0.3 is 9.63 Å². The van der Waals surface area contributed by atoms with Gasteiger partial charge >= 0.3 is 5.97 Å². The lowest BCUT2D eigenvalue weighted by Crippen LogP contribution is -2.02. The summed E-state index contributed by atoms with van der Waals surface area (Å²) in [5, 5.41) is 13.3. The van der Waals surface area contributed by atoms with Gasteiger partial charge in [-0.2, -0.15) is 0 Å². The fourth-order valence-electron chi connectivity index (χ4n) is 2.21. The number of carboxylic acid groups (broad SMARTS) is 1. The van der Waals surface area contributed by atoms with Crippen molar-refractivity contribution in [2.75, 3.05) is 0 Å². The molecule has 0 atom stereocenters. The lowest BCUT2D eigenvalue weighted by molar-refractivity contribution is 0.0695. The van der Waals surface area contributed by atoms with E-state index in [1.165, 1.54) is 0 Å². The number of aryl methyl sites for hydroxylation is 3. The second-order valence-corrected chi connectivity index (χ2v) is 4.70. The summed E-state index contributed by atoms with van der Waals surface area (Å²) in [4.78, 5) is 11.4. The van der Waals surface area contributed by atoms with Crippen LogP contribution >= 0.6 is 0 Å². The molecular formula is C15H17NO3. The van der Waals surface area contributed by atoms with E-state index in [2.05, 4.69) is 5.16 Å². The van der Waals surface area contributed by atoms with Crippen molar-refractivity contribution < 1.29 is 14.4 Å². The number of benzene rings is 1. The normalized spacial score (nSPS) is 10.7. The van der Waals surface area contributed by atoms with Crippen LogP contribution in [0.4, 0.5) is 0 Å². The second-order valence-electron chi connectivity index (χ2n) is 4.70. The van der Waals surface area contributed by atoms with Gasteiger partial charge in [0, 0.05) is 12.0 Å². The Morgan fingerprint density at radius 3 is 2.68 bits per heavy atom. The van der Waals surface area contributed by atoms with E-state index in [1.54, 1.807) is 0 Å². The molecule has 2 aromatic rings. The maximum atomic E-state index is 11.4. The zero-order valence-corrected chi connectivity index (χ0v) is 11.4. The molecule has 0 aliphatic heterocycles. The fraction of sp³-hybridized carbons (Fsp3) is 0.333. The Kier molecular flexibility index (Phi) is 3.69. The molecule has 4 heteroatoms. The third kappa shape index (κ3) is 2.52. The van der Waals surface area contributed by atoms with Crippen LogP contribution in [0.3, 0.4) is 0 Å². The highest BCUT2D eigenvalue weighted by Crippen LogP contribution is 2.29. The zero-order chi connectivity index (χ0) is 14.0. The molecule has 0 saturated carbocycles. The Labute approximate surface area is 112 Å². The Morgan fingerprint density at radius 2 is 2.11 bits per heavy atom. The van der Waals surface area contributed by atoms with Crippen LogP contribution in [-0.2, 0) is 6.42 Å². The summed E-state index contributed by atoms with van der Waals surface area (Å²) < 4.78 is 5.21. The number of hydrogen-bond donors (Lipinski definition) is 1. The molecule has 0 saturated heterocycles. The van der Waals surface area contributed by atoms with E-state index in [-0.39, 0.29) is 5.56 Å². The van der Waals surface area contributed by atoms with Crippen LogP contribution in [0.1, 0.15) is 40.6 Å². The number of rotatable bonds is 4. The maximum absolute atomic E-state index is 11.4. The minimum Gasteiger partial charge on any atom is -0.477 e. The Bertz CT molecular complexity index is 614. The average Bonchev–Trinajstić information content (AvgIpc) is 2.73. The highest BCUT2D eigenvalue weighted by Gasteiger charge is 2.23. The van der Waals surface area contributed by atoms with E-state index in [0.717, 1.165) is 23.1 Å². The van der Waals surface area contributed by atoms with E-state index in [4.69, 9.17) is 4.52 Å². The molecule has 2 rings (SSSR count). The molecule has 1 aromatic carbocycles. The molecule has 1 heterocycles. The number of aromatic carboxylic acids is 1. The van der Waals surface area contributed by atoms with Crippen LogP contribution in [0.15, 0.2) is 22.7 Å². The monoisotopic (exact) mass is 259 g/mol. The first-order valence-electron chi connectivity index (χ1n) is 6.34. The second kappa shape index (κ2) is 5.26. The molecule has 0 aliphatic carbocycles. The van der Waals surface area contributed by atoms with E-state index in [1.807, 2.05) is 39.0 Å². The van der Waals surface area contributed by atoms with E-state index < -0.39 is 5.97 Å². The van der Waals surface area contributed by atoms with Gasteiger partial charge in [-0.25, -0.2) is 4.79 Å². The molecule has 0 spiro atoms. The number of carbonyl (C=O) groups is 1. The number of hydrogen-bond acceptors (Lipinski definition) is 3. The van der Waals surface area contributed by atoms with Crippen molar-refractivity contribution in [1.82, 2.24) is 5.16 Å². The third-order valence-electron chi connectivity index (χ3n) is 3.09. The van der Waals surface area contributed by atoms with Gasteiger partial charge in [0.1, 0.15) is 11.3 Å². The van der Waals surface area contributed by atoms with Crippen molar-refractivity contribution in [1.29, 1.82) is 0 Å². The first-order chi connectivity index (χ1) is 9.04. The van der Waals surface area contributed by atoms with Crippen molar-refractivity contribution in [3.8, 4) is 11.3 Å². The average molecular weight is 259 g/mol. The molecule has 0 aliphatic rings. The summed E-state index contributed by atoms with van der Waals surface area (Å²) in [5.41, 5.74) is 3.56. The highest BCUT2D eigenvalue weighted by molar-refractivity contribution is 5.96. The predicted octanol–water partition coefficient (Wildman–Crippen LogP) is 3.61. The van der Waals surface area contributed by atoms with Crippen molar-refractivity contribution in [2.24, 2.45) is 0 Å². The van der Waals surface area contributed by atoms with Gasteiger partial charge in [0.25, 0.3) is 0 Å². The minimum absolute atomic E-state index is 0.189. The molecule has 4 nitrogen and oxygen atoms in total. The van der Waals surface area contributed by atoms with Crippen molar-refractivity contribution >= 4 is 5.97 Å². The SMILES string of the molecule is CCCc1onc(-c2ccc(C)cc2C)c1C(=O)O.